The minimum Gasteiger partial charge on any atom is -0.356 e. The van der Waals surface area contributed by atoms with Gasteiger partial charge in [-0.25, -0.2) is 0 Å². The van der Waals surface area contributed by atoms with Crippen LogP contribution in [0.15, 0.2) is 12.3 Å². The molecule has 0 spiro atoms. The van der Waals surface area contributed by atoms with Gasteiger partial charge in [0.15, 0.2) is 0 Å². The van der Waals surface area contributed by atoms with Gasteiger partial charge in [-0.1, -0.05) is 11.6 Å². The quantitative estimate of drug-likeness (QED) is 0.824. The van der Waals surface area contributed by atoms with Gasteiger partial charge in [0.1, 0.15) is 5.69 Å². The number of amides is 1. The van der Waals surface area contributed by atoms with E-state index in [0.29, 0.717) is 10.7 Å². The number of carbonyl (C=O) groups excluding carboxylic acids is 1. The van der Waals surface area contributed by atoms with Gasteiger partial charge in [0.2, 0.25) is 0 Å². The molecule has 1 aliphatic heterocycles. The number of aromatic nitrogens is 1. The molecule has 0 aliphatic carbocycles. The zero-order valence-corrected chi connectivity index (χ0v) is 10.0. The lowest BCUT2D eigenvalue weighted by atomic mass is 10.1. The number of halogens is 1. The number of aromatic amines is 1. The molecule has 0 unspecified atom stereocenters. The van der Waals surface area contributed by atoms with Crippen LogP contribution >= 0.6 is 11.6 Å². The molecular weight excluding hydrogens is 226 g/mol. The zero-order valence-electron chi connectivity index (χ0n) is 9.29. The predicted molar refractivity (Wildman–Crippen MR) is 63.8 cm³/mol. The standard InChI is InChI=1S/C11H16ClN3O/c1-15-4-2-9(3-5-15)14-11(16)10-6-8(12)7-13-10/h6-7,9,13H,2-5H2,1H3,(H,14,16). The van der Waals surface area contributed by atoms with Crippen LogP contribution in [0.3, 0.4) is 0 Å². The molecule has 4 nitrogen and oxygen atoms in total. The Balaban J connectivity index is 1.88. The maximum atomic E-state index is 11.8. The molecule has 1 amide bonds. The van der Waals surface area contributed by atoms with Crippen molar-refractivity contribution in [3.8, 4) is 0 Å². The Morgan fingerprint density at radius 1 is 1.56 bits per heavy atom. The van der Waals surface area contributed by atoms with Crippen LogP contribution in [0, 0.1) is 0 Å². The van der Waals surface area contributed by atoms with Gasteiger partial charge in [-0.3, -0.25) is 4.79 Å². The zero-order chi connectivity index (χ0) is 11.5. The first-order chi connectivity index (χ1) is 7.65. The van der Waals surface area contributed by atoms with E-state index in [2.05, 4.69) is 22.2 Å². The second-order valence-corrected chi connectivity index (χ2v) is 4.72. The molecule has 1 fully saturated rings. The van der Waals surface area contributed by atoms with E-state index >= 15 is 0 Å². The minimum absolute atomic E-state index is 0.0681. The summed E-state index contributed by atoms with van der Waals surface area (Å²) in [6.07, 6.45) is 3.64. The predicted octanol–water partition coefficient (Wildman–Crippen LogP) is 1.49. The van der Waals surface area contributed by atoms with Crippen molar-refractivity contribution in [3.63, 3.8) is 0 Å². The fraction of sp³-hybridized carbons (Fsp3) is 0.545. The second-order valence-electron chi connectivity index (χ2n) is 4.28. The summed E-state index contributed by atoms with van der Waals surface area (Å²) in [6.45, 7) is 2.08. The number of hydrogen-bond donors (Lipinski definition) is 2. The number of nitrogens with zero attached hydrogens (tertiary/aromatic N) is 1. The fourth-order valence-corrected chi connectivity index (χ4v) is 2.08. The number of carbonyl (C=O) groups is 1. The maximum Gasteiger partial charge on any atom is 0.267 e. The highest BCUT2D eigenvalue weighted by molar-refractivity contribution is 6.30. The number of nitrogens with one attached hydrogen (secondary N) is 2. The summed E-state index contributed by atoms with van der Waals surface area (Å²) in [5.74, 6) is -0.0681. The van der Waals surface area contributed by atoms with Crippen molar-refractivity contribution >= 4 is 17.5 Å². The fourth-order valence-electron chi connectivity index (χ4n) is 1.92. The van der Waals surface area contributed by atoms with Crippen molar-refractivity contribution in [1.82, 2.24) is 15.2 Å². The molecule has 5 heteroatoms. The summed E-state index contributed by atoms with van der Waals surface area (Å²) in [5.41, 5.74) is 0.531. The lowest BCUT2D eigenvalue weighted by Gasteiger charge is -2.29. The number of H-pyrrole nitrogens is 1. The summed E-state index contributed by atoms with van der Waals surface area (Å²) in [5, 5.41) is 3.58. The van der Waals surface area contributed by atoms with Crippen molar-refractivity contribution < 1.29 is 4.79 Å². The molecule has 0 saturated carbocycles. The highest BCUT2D eigenvalue weighted by atomic mass is 35.5. The molecule has 0 bridgehead atoms. The molecule has 2 heterocycles. The Hall–Kier alpha value is -1.00. The lowest BCUT2D eigenvalue weighted by molar-refractivity contribution is 0.0912. The van der Waals surface area contributed by atoms with Crippen LogP contribution in [0.2, 0.25) is 5.02 Å². The van der Waals surface area contributed by atoms with Gasteiger partial charge in [-0.15, -0.1) is 0 Å². The monoisotopic (exact) mass is 241 g/mol. The van der Waals surface area contributed by atoms with E-state index < -0.39 is 0 Å². The highest BCUT2D eigenvalue weighted by Gasteiger charge is 2.19. The average Bonchev–Trinajstić information content (AvgIpc) is 2.68. The third-order valence-corrected chi connectivity index (χ3v) is 3.16. The van der Waals surface area contributed by atoms with E-state index in [9.17, 15) is 4.79 Å². The molecule has 1 aromatic heterocycles. The molecule has 1 aliphatic rings. The summed E-state index contributed by atoms with van der Waals surface area (Å²) in [6, 6.07) is 1.93. The molecule has 1 saturated heterocycles. The summed E-state index contributed by atoms with van der Waals surface area (Å²) >= 11 is 5.75. The largest absolute Gasteiger partial charge is 0.356 e. The molecule has 0 aromatic carbocycles. The summed E-state index contributed by atoms with van der Waals surface area (Å²) < 4.78 is 0. The average molecular weight is 242 g/mol. The maximum absolute atomic E-state index is 11.8. The van der Waals surface area contributed by atoms with E-state index in [4.69, 9.17) is 11.6 Å². The Bertz CT molecular complexity index is 369. The SMILES string of the molecule is CN1CCC(NC(=O)c2cc(Cl)c[nH]2)CC1. The molecule has 0 radical (unpaired) electrons. The second kappa shape index (κ2) is 4.89. The number of hydrogen-bond acceptors (Lipinski definition) is 2. The first-order valence-electron chi connectivity index (χ1n) is 5.48. The van der Waals surface area contributed by atoms with Crippen molar-refractivity contribution in [3.05, 3.63) is 23.0 Å². The first-order valence-corrected chi connectivity index (χ1v) is 5.86. The van der Waals surface area contributed by atoms with Crippen LogP contribution in [0.25, 0.3) is 0 Å². The van der Waals surface area contributed by atoms with Gasteiger partial charge in [-0.05, 0) is 39.0 Å². The molecule has 0 atom stereocenters. The van der Waals surface area contributed by atoms with E-state index in [-0.39, 0.29) is 11.9 Å². The van der Waals surface area contributed by atoms with Gasteiger partial charge in [0.05, 0.1) is 5.02 Å². The highest BCUT2D eigenvalue weighted by Crippen LogP contribution is 2.12. The van der Waals surface area contributed by atoms with Crippen LogP contribution in [0.4, 0.5) is 0 Å². The summed E-state index contributed by atoms with van der Waals surface area (Å²) in [7, 11) is 2.10. The van der Waals surface area contributed by atoms with Crippen molar-refractivity contribution in [2.75, 3.05) is 20.1 Å². The smallest absolute Gasteiger partial charge is 0.267 e. The van der Waals surface area contributed by atoms with Crippen LogP contribution in [-0.2, 0) is 0 Å². The number of likely N-dealkylation sites (tertiary alicyclic amines) is 1. The molecule has 88 valence electrons. The molecular formula is C11H16ClN3O. The molecule has 2 N–H and O–H groups in total. The molecule has 16 heavy (non-hydrogen) atoms. The number of rotatable bonds is 2. The van der Waals surface area contributed by atoms with Crippen LogP contribution in [0.5, 0.6) is 0 Å². The summed E-state index contributed by atoms with van der Waals surface area (Å²) in [4.78, 5) is 16.9. The van der Waals surface area contributed by atoms with Gasteiger partial charge >= 0.3 is 0 Å². The topological polar surface area (TPSA) is 48.1 Å². The lowest BCUT2D eigenvalue weighted by Crippen LogP contribution is -2.43. The van der Waals surface area contributed by atoms with Crippen molar-refractivity contribution in [1.29, 1.82) is 0 Å². The molecule has 1 aromatic rings. The van der Waals surface area contributed by atoms with E-state index in [1.165, 1.54) is 0 Å². The Morgan fingerprint density at radius 3 is 2.81 bits per heavy atom. The Morgan fingerprint density at radius 2 is 2.25 bits per heavy atom. The van der Waals surface area contributed by atoms with Crippen LogP contribution in [-0.4, -0.2) is 42.0 Å². The van der Waals surface area contributed by atoms with Gasteiger partial charge < -0.3 is 15.2 Å². The van der Waals surface area contributed by atoms with Crippen molar-refractivity contribution in [2.45, 2.75) is 18.9 Å². The van der Waals surface area contributed by atoms with Gasteiger partial charge in [0, 0.05) is 12.2 Å². The van der Waals surface area contributed by atoms with E-state index in [1.54, 1.807) is 12.3 Å². The van der Waals surface area contributed by atoms with E-state index in [1.807, 2.05) is 0 Å². The van der Waals surface area contributed by atoms with Crippen molar-refractivity contribution in [2.24, 2.45) is 0 Å². The molecule has 2 rings (SSSR count). The van der Waals surface area contributed by atoms with Crippen LogP contribution < -0.4 is 5.32 Å². The third kappa shape index (κ3) is 2.77. The third-order valence-electron chi connectivity index (χ3n) is 2.95. The Labute approximate surface area is 100.0 Å². The Kier molecular flexibility index (Phi) is 3.51. The van der Waals surface area contributed by atoms with Gasteiger partial charge in [0.25, 0.3) is 5.91 Å². The normalized spacial score (nSPS) is 18.6. The van der Waals surface area contributed by atoms with E-state index in [0.717, 1.165) is 25.9 Å². The first kappa shape index (κ1) is 11.5. The van der Waals surface area contributed by atoms with Crippen LogP contribution in [0.1, 0.15) is 23.3 Å². The van der Waals surface area contributed by atoms with Gasteiger partial charge in [-0.2, -0.15) is 0 Å². The number of piperidine rings is 1. The minimum atomic E-state index is -0.0681.